The summed E-state index contributed by atoms with van der Waals surface area (Å²) in [5.74, 6) is -0.103. The van der Waals surface area contributed by atoms with Crippen molar-refractivity contribution in [3.63, 3.8) is 0 Å². The molecule has 6 heteroatoms. The third kappa shape index (κ3) is 3.50. The molecule has 0 saturated heterocycles. The fourth-order valence-corrected chi connectivity index (χ4v) is 3.12. The van der Waals surface area contributed by atoms with Crippen LogP contribution in [0.15, 0.2) is 77.5 Å². The Morgan fingerprint density at radius 1 is 1.08 bits per heavy atom. The van der Waals surface area contributed by atoms with Crippen molar-refractivity contribution in [3.05, 3.63) is 88.7 Å². The number of rotatable bonds is 4. The van der Waals surface area contributed by atoms with Crippen molar-refractivity contribution in [2.75, 3.05) is 0 Å². The van der Waals surface area contributed by atoms with Gasteiger partial charge in [0.25, 0.3) is 5.91 Å². The lowest BCUT2D eigenvalue weighted by atomic mass is 10.1. The number of halogens is 1. The molecule has 0 radical (unpaired) electrons. The Morgan fingerprint density at radius 2 is 1.96 bits per heavy atom. The van der Waals surface area contributed by atoms with Crippen molar-refractivity contribution in [1.29, 1.82) is 0 Å². The summed E-state index contributed by atoms with van der Waals surface area (Å²) in [6.45, 7) is 0.449. The number of carbonyl (C=O) groups is 1. The third-order valence-corrected chi connectivity index (χ3v) is 4.49. The zero-order chi connectivity index (χ0) is 17.9. The van der Waals surface area contributed by atoms with Crippen molar-refractivity contribution < 1.29 is 4.79 Å². The molecule has 2 aromatic heterocycles. The minimum Gasteiger partial charge on any atom is -0.348 e. The van der Waals surface area contributed by atoms with E-state index in [2.05, 4.69) is 31.3 Å². The number of carbonyl (C=O) groups excluding carboxylic acids is 1. The van der Waals surface area contributed by atoms with Gasteiger partial charge in [-0.25, -0.2) is 9.50 Å². The number of nitrogens with one attached hydrogen (secondary N) is 1. The number of aromatic nitrogens is 3. The minimum absolute atomic E-state index is 0.103. The molecule has 0 aliphatic rings. The minimum atomic E-state index is -0.103. The topological polar surface area (TPSA) is 59.3 Å². The van der Waals surface area contributed by atoms with Crippen molar-refractivity contribution in [2.24, 2.45) is 0 Å². The Labute approximate surface area is 158 Å². The molecular formula is C20H15BrN4O. The number of nitrogens with zero attached hydrogens (tertiary/aromatic N) is 3. The lowest BCUT2D eigenvalue weighted by Crippen LogP contribution is -2.22. The number of hydrogen-bond acceptors (Lipinski definition) is 3. The highest BCUT2D eigenvalue weighted by atomic mass is 79.9. The molecule has 0 aliphatic carbocycles. The van der Waals surface area contributed by atoms with Crippen LogP contribution in [-0.2, 0) is 6.54 Å². The van der Waals surface area contributed by atoms with Crippen LogP contribution in [0, 0.1) is 0 Å². The second kappa shape index (κ2) is 7.09. The van der Waals surface area contributed by atoms with Crippen LogP contribution in [0.5, 0.6) is 0 Å². The SMILES string of the molecule is O=C(NCc1cccc(-c2cn3ncccc3n2)c1)c1cccc(Br)c1. The first kappa shape index (κ1) is 16.5. The molecule has 5 nitrogen and oxygen atoms in total. The van der Waals surface area contributed by atoms with Gasteiger partial charge in [-0.3, -0.25) is 4.79 Å². The van der Waals surface area contributed by atoms with Crippen molar-refractivity contribution >= 4 is 27.5 Å². The van der Waals surface area contributed by atoms with Gasteiger partial charge in [-0.2, -0.15) is 5.10 Å². The van der Waals surface area contributed by atoms with Gasteiger partial charge in [0.2, 0.25) is 0 Å². The number of imidazole rings is 1. The van der Waals surface area contributed by atoms with Crippen LogP contribution in [0.4, 0.5) is 0 Å². The summed E-state index contributed by atoms with van der Waals surface area (Å²) in [7, 11) is 0. The number of hydrogen-bond donors (Lipinski definition) is 1. The average Bonchev–Trinajstić information content (AvgIpc) is 3.11. The van der Waals surface area contributed by atoms with Crippen molar-refractivity contribution in [3.8, 4) is 11.3 Å². The molecule has 2 aromatic carbocycles. The largest absolute Gasteiger partial charge is 0.348 e. The molecule has 4 rings (SSSR count). The first-order chi connectivity index (χ1) is 12.7. The molecule has 0 unspecified atom stereocenters. The number of fused-ring (bicyclic) bond motifs is 1. The van der Waals surface area contributed by atoms with E-state index in [0.717, 1.165) is 26.9 Å². The Bertz CT molecular complexity index is 1060. The molecule has 0 aliphatic heterocycles. The quantitative estimate of drug-likeness (QED) is 0.555. The van der Waals surface area contributed by atoms with Crippen LogP contribution in [0.1, 0.15) is 15.9 Å². The Morgan fingerprint density at radius 3 is 2.81 bits per heavy atom. The summed E-state index contributed by atoms with van der Waals surface area (Å²) in [4.78, 5) is 16.9. The predicted octanol–water partition coefficient (Wildman–Crippen LogP) is 4.09. The van der Waals surface area contributed by atoms with E-state index >= 15 is 0 Å². The van der Waals surface area contributed by atoms with Gasteiger partial charge in [0.1, 0.15) is 0 Å². The molecule has 0 fully saturated rings. The first-order valence-corrected chi connectivity index (χ1v) is 8.92. The van der Waals surface area contributed by atoms with E-state index < -0.39 is 0 Å². The normalized spacial score (nSPS) is 10.8. The maximum absolute atomic E-state index is 12.3. The van der Waals surface area contributed by atoms with E-state index in [1.807, 2.05) is 54.7 Å². The Hall–Kier alpha value is -2.99. The number of benzene rings is 2. The van der Waals surface area contributed by atoms with Crippen LogP contribution in [0.2, 0.25) is 0 Å². The summed E-state index contributed by atoms with van der Waals surface area (Å²) in [6, 6.07) is 19.1. The van der Waals surface area contributed by atoms with Crippen LogP contribution >= 0.6 is 15.9 Å². The molecule has 0 saturated carbocycles. The molecule has 0 atom stereocenters. The van der Waals surface area contributed by atoms with Gasteiger partial charge < -0.3 is 5.32 Å². The average molecular weight is 407 g/mol. The summed E-state index contributed by atoms with van der Waals surface area (Å²) in [6.07, 6.45) is 3.63. The van der Waals surface area contributed by atoms with E-state index in [0.29, 0.717) is 12.1 Å². The highest BCUT2D eigenvalue weighted by molar-refractivity contribution is 9.10. The molecule has 1 N–H and O–H groups in total. The molecule has 26 heavy (non-hydrogen) atoms. The molecule has 1 amide bonds. The van der Waals surface area contributed by atoms with Crippen LogP contribution in [-0.4, -0.2) is 20.5 Å². The molecule has 0 bridgehead atoms. The summed E-state index contributed by atoms with van der Waals surface area (Å²) >= 11 is 3.38. The molecular weight excluding hydrogens is 392 g/mol. The van der Waals surface area contributed by atoms with E-state index in [-0.39, 0.29) is 5.91 Å². The zero-order valence-electron chi connectivity index (χ0n) is 13.8. The van der Waals surface area contributed by atoms with E-state index in [1.165, 1.54) is 0 Å². The molecule has 2 heterocycles. The molecule has 4 aromatic rings. The van der Waals surface area contributed by atoms with E-state index in [9.17, 15) is 4.79 Å². The lowest BCUT2D eigenvalue weighted by Gasteiger charge is -2.07. The van der Waals surface area contributed by atoms with Crippen molar-refractivity contribution in [1.82, 2.24) is 19.9 Å². The lowest BCUT2D eigenvalue weighted by molar-refractivity contribution is 0.0951. The second-order valence-electron chi connectivity index (χ2n) is 5.85. The smallest absolute Gasteiger partial charge is 0.251 e. The third-order valence-electron chi connectivity index (χ3n) is 4.00. The maximum atomic E-state index is 12.3. The Balaban J connectivity index is 1.51. The van der Waals surface area contributed by atoms with Crippen LogP contribution in [0.25, 0.3) is 16.9 Å². The summed E-state index contributed by atoms with van der Waals surface area (Å²) in [5.41, 5.74) is 4.28. The monoisotopic (exact) mass is 406 g/mol. The summed E-state index contributed by atoms with van der Waals surface area (Å²) in [5, 5.41) is 7.19. The fraction of sp³-hybridized carbons (Fsp3) is 0.0500. The first-order valence-electron chi connectivity index (χ1n) is 8.12. The van der Waals surface area contributed by atoms with Crippen LogP contribution in [0.3, 0.4) is 0 Å². The predicted molar refractivity (Wildman–Crippen MR) is 104 cm³/mol. The highest BCUT2D eigenvalue weighted by Gasteiger charge is 2.08. The Kier molecular flexibility index (Phi) is 4.50. The molecule has 0 spiro atoms. The zero-order valence-corrected chi connectivity index (χ0v) is 15.3. The summed E-state index contributed by atoms with van der Waals surface area (Å²) < 4.78 is 2.63. The molecule has 128 valence electrons. The van der Waals surface area contributed by atoms with Gasteiger partial charge in [-0.05, 0) is 42.0 Å². The van der Waals surface area contributed by atoms with E-state index in [1.54, 1.807) is 22.8 Å². The van der Waals surface area contributed by atoms with Gasteiger partial charge >= 0.3 is 0 Å². The standard InChI is InChI=1S/C20H15BrN4O/c21-17-7-2-6-16(11-17)20(26)22-12-14-4-1-5-15(10-14)18-13-25-19(24-18)8-3-9-23-25/h1-11,13H,12H2,(H,22,26). The fourth-order valence-electron chi connectivity index (χ4n) is 2.72. The van der Waals surface area contributed by atoms with Gasteiger partial charge in [0.05, 0.1) is 11.9 Å². The van der Waals surface area contributed by atoms with Gasteiger partial charge in [0.15, 0.2) is 5.65 Å². The van der Waals surface area contributed by atoms with Gasteiger partial charge in [0, 0.05) is 28.3 Å². The van der Waals surface area contributed by atoms with Crippen LogP contribution < -0.4 is 5.32 Å². The number of amides is 1. The van der Waals surface area contributed by atoms with Gasteiger partial charge in [-0.1, -0.05) is 40.2 Å². The maximum Gasteiger partial charge on any atom is 0.251 e. The second-order valence-corrected chi connectivity index (χ2v) is 6.76. The van der Waals surface area contributed by atoms with Gasteiger partial charge in [-0.15, -0.1) is 0 Å². The van der Waals surface area contributed by atoms with E-state index in [4.69, 9.17) is 0 Å². The highest BCUT2D eigenvalue weighted by Crippen LogP contribution is 2.20. The van der Waals surface area contributed by atoms with Crippen molar-refractivity contribution in [2.45, 2.75) is 6.54 Å².